The van der Waals surface area contributed by atoms with Crippen LogP contribution in [0.5, 0.6) is 5.75 Å². The minimum Gasteiger partial charge on any atom is -0.497 e. The van der Waals surface area contributed by atoms with Crippen LogP contribution < -0.4 is 15.4 Å². The molecule has 0 unspecified atom stereocenters. The lowest BCUT2D eigenvalue weighted by molar-refractivity contribution is 0.414. The van der Waals surface area contributed by atoms with Crippen molar-refractivity contribution in [3.05, 3.63) is 29.8 Å². The summed E-state index contributed by atoms with van der Waals surface area (Å²) >= 11 is 0. The van der Waals surface area contributed by atoms with Gasteiger partial charge in [-0.05, 0) is 30.5 Å². The van der Waals surface area contributed by atoms with Crippen LogP contribution >= 0.6 is 17.0 Å². The second-order valence-corrected chi connectivity index (χ2v) is 4.07. The molecule has 4 nitrogen and oxygen atoms in total. The number of ether oxygens (including phenoxy) is 1. The summed E-state index contributed by atoms with van der Waals surface area (Å²) in [4.78, 5) is 4.44. The topological polar surface area (TPSA) is 45.6 Å². The van der Waals surface area contributed by atoms with E-state index in [1.54, 1.807) is 7.11 Å². The predicted molar refractivity (Wildman–Crippen MR) is 79.7 cm³/mol. The molecule has 0 bridgehead atoms. The maximum atomic E-state index is 5.19. The molecule has 1 aromatic carbocycles. The highest BCUT2D eigenvalue weighted by molar-refractivity contribution is 8.93. The predicted octanol–water partition coefficient (Wildman–Crippen LogP) is 2.10. The molecule has 0 saturated carbocycles. The molecule has 0 amide bonds. The third-order valence-electron chi connectivity index (χ3n) is 2.74. The average Bonchev–Trinajstić information content (AvgIpc) is 2.65. The Morgan fingerprint density at radius 3 is 3.11 bits per heavy atom. The number of nitrogens with one attached hydrogen (secondary N) is 2. The zero-order valence-corrected chi connectivity index (χ0v) is 12.3. The molecule has 0 fully saturated rings. The van der Waals surface area contributed by atoms with Gasteiger partial charge >= 0.3 is 0 Å². The standard InChI is InChI=1S/C13H19N3O.BrH/c1-17-12-6-4-5-11(9-12)10-16-13-14-7-2-3-8-15-13;/h4-6,9H,2-3,7-8,10H2,1H3,(H2,14,15,16);1H. The van der Waals surface area contributed by atoms with Crippen LogP contribution in [0.3, 0.4) is 0 Å². The number of halogens is 1. The molecular formula is C13H20BrN3O. The first-order valence-electron chi connectivity index (χ1n) is 6.03. The van der Waals surface area contributed by atoms with Crippen LogP contribution in [0.2, 0.25) is 0 Å². The Balaban J connectivity index is 0.00000162. The number of methoxy groups -OCH3 is 1. The van der Waals surface area contributed by atoms with Gasteiger partial charge in [-0.25, -0.2) is 0 Å². The first-order valence-corrected chi connectivity index (χ1v) is 6.03. The van der Waals surface area contributed by atoms with Gasteiger partial charge in [0.2, 0.25) is 0 Å². The molecule has 0 spiro atoms. The van der Waals surface area contributed by atoms with Gasteiger partial charge in [-0.2, -0.15) is 0 Å². The smallest absolute Gasteiger partial charge is 0.191 e. The van der Waals surface area contributed by atoms with Crippen molar-refractivity contribution in [1.82, 2.24) is 10.6 Å². The van der Waals surface area contributed by atoms with Gasteiger partial charge in [0.25, 0.3) is 0 Å². The highest BCUT2D eigenvalue weighted by Gasteiger charge is 2.02. The van der Waals surface area contributed by atoms with Crippen molar-refractivity contribution in [2.24, 2.45) is 4.99 Å². The lowest BCUT2D eigenvalue weighted by Crippen LogP contribution is -2.36. The van der Waals surface area contributed by atoms with E-state index in [0.29, 0.717) is 0 Å². The molecule has 0 radical (unpaired) electrons. The summed E-state index contributed by atoms with van der Waals surface area (Å²) in [6, 6.07) is 8.06. The van der Waals surface area contributed by atoms with E-state index in [2.05, 4.69) is 21.7 Å². The van der Waals surface area contributed by atoms with Crippen molar-refractivity contribution >= 4 is 22.9 Å². The van der Waals surface area contributed by atoms with Crippen molar-refractivity contribution in [3.63, 3.8) is 0 Å². The van der Waals surface area contributed by atoms with Crippen molar-refractivity contribution in [2.75, 3.05) is 20.2 Å². The van der Waals surface area contributed by atoms with E-state index in [4.69, 9.17) is 4.74 Å². The van der Waals surface area contributed by atoms with Gasteiger partial charge in [0.05, 0.1) is 7.11 Å². The normalized spacial score (nSPS) is 14.6. The maximum absolute atomic E-state index is 5.19. The van der Waals surface area contributed by atoms with Gasteiger partial charge in [0.1, 0.15) is 5.75 Å². The van der Waals surface area contributed by atoms with E-state index in [9.17, 15) is 0 Å². The zero-order valence-electron chi connectivity index (χ0n) is 10.6. The first kappa shape index (κ1) is 14.8. The Hall–Kier alpha value is -1.23. The molecule has 1 aromatic rings. The van der Waals surface area contributed by atoms with Crippen molar-refractivity contribution in [3.8, 4) is 5.75 Å². The highest BCUT2D eigenvalue weighted by Crippen LogP contribution is 2.12. The minimum atomic E-state index is 0. The molecule has 0 atom stereocenters. The molecule has 2 rings (SSSR count). The number of benzene rings is 1. The van der Waals surface area contributed by atoms with Gasteiger partial charge in [0.15, 0.2) is 5.96 Å². The van der Waals surface area contributed by atoms with Crippen LogP contribution in [0.1, 0.15) is 18.4 Å². The molecular weight excluding hydrogens is 294 g/mol. The van der Waals surface area contributed by atoms with Crippen molar-refractivity contribution in [1.29, 1.82) is 0 Å². The number of rotatable bonds is 3. The summed E-state index contributed by atoms with van der Waals surface area (Å²) in [7, 11) is 1.68. The van der Waals surface area contributed by atoms with E-state index >= 15 is 0 Å². The summed E-state index contributed by atoms with van der Waals surface area (Å²) in [5.41, 5.74) is 1.19. The quantitative estimate of drug-likeness (QED) is 0.898. The Kier molecular flexibility index (Phi) is 6.57. The Morgan fingerprint density at radius 1 is 1.39 bits per heavy atom. The van der Waals surface area contributed by atoms with E-state index in [1.165, 1.54) is 12.0 Å². The van der Waals surface area contributed by atoms with Crippen LogP contribution in [0, 0.1) is 0 Å². The molecule has 0 aromatic heterocycles. The SMILES string of the molecule is Br.COc1cccc(CNC2=NCCCCN2)c1. The zero-order chi connectivity index (χ0) is 11.9. The second-order valence-electron chi connectivity index (χ2n) is 4.07. The fourth-order valence-electron chi connectivity index (χ4n) is 1.78. The largest absolute Gasteiger partial charge is 0.497 e. The van der Waals surface area contributed by atoms with Gasteiger partial charge in [0, 0.05) is 19.6 Å². The van der Waals surface area contributed by atoms with Crippen LogP contribution in [-0.2, 0) is 6.54 Å². The molecule has 100 valence electrons. The van der Waals surface area contributed by atoms with Crippen molar-refractivity contribution in [2.45, 2.75) is 19.4 Å². The molecule has 18 heavy (non-hydrogen) atoms. The maximum Gasteiger partial charge on any atom is 0.191 e. The van der Waals surface area contributed by atoms with Gasteiger partial charge < -0.3 is 15.4 Å². The summed E-state index contributed by atoms with van der Waals surface area (Å²) in [6.45, 7) is 2.68. The fraction of sp³-hybridized carbons (Fsp3) is 0.462. The Labute approximate surface area is 119 Å². The Morgan fingerprint density at radius 2 is 2.28 bits per heavy atom. The number of guanidine groups is 1. The van der Waals surface area contributed by atoms with Crippen LogP contribution in [-0.4, -0.2) is 26.2 Å². The summed E-state index contributed by atoms with van der Waals surface area (Å²) in [5.74, 6) is 1.80. The number of hydrogen-bond donors (Lipinski definition) is 2. The first-order chi connectivity index (χ1) is 8.38. The summed E-state index contributed by atoms with van der Waals surface area (Å²) in [5, 5.41) is 6.60. The monoisotopic (exact) mass is 313 g/mol. The number of nitrogens with zero attached hydrogens (tertiary/aromatic N) is 1. The lowest BCUT2D eigenvalue weighted by Gasteiger charge is -2.10. The summed E-state index contributed by atoms with van der Waals surface area (Å²) in [6.07, 6.45) is 2.35. The van der Waals surface area contributed by atoms with Crippen LogP contribution in [0.25, 0.3) is 0 Å². The van der Waals surface area contributed by atoms with E-state index in [-0.39, 0.29) is 17.0 Å². The molecule has 0 aliphatic carbocycles. The minimum absolute atomic E-state index is 0. The van der Waals surface area contributed by atoms with Crippen molar-refractivity contribution < 1.29 is 4.74 Å². The average molecular weight is 314 g/mol. The molecule has 0 saturated heterocycles. The van der Waals surface area contributed by atoms with E-state index in [1.807, 2.05) is 18.2 Å². The fourth-order valence-corrected chi connectivity index (χ4v) is 1.78. The van der Waals surface area contributed by atoms with E-state index in [0.717, 1.165) is 37.8 Å². The van der Waals surface area contributed by atoms with Gasteiger partial charge in [-0.3, -0.25) is 4.99 Å². The molecule has 5 heteroatoms. The van der Waals surface area contributed by atoms with Gasteiger partial charge in [-0.15, -0.1) is 17.0 Å². The molecule has 1 heterocycles. The third kappa shape index (κ3) is 4.56. The van der Waals surface area contributed by atoms with Gasteiger partial charge in [-0.1, -0.05) is 12.1 Å². The number of hydrogen-bond acceptors (Lipinski definition) is 4. The highest BCUT2D eigenvalue weighted by atomic mass is 79.9. The molecule has 1 aliphatic rings. The Bertz CT molecular complexity index is 396. The van der Waals surface area contributed by atoms with Crippen LogP contribution in [0.15, 0.2) is 29.3 Å². The molecule has 2 N–H and O–H groups in total. The summed E-state index contributed by atoms with van der Waals surface area (Å²) < 4.78 is 5.19. The third-order valence-corrected chi connectivity index (χ3v) is 2.74. The van der Waals surface area contributed by atoms with E-state index < -0.39 is 0 Å². The molecule has 1 aliphatic heterocycles. The number of aliphatic imine (C=N–C) groups is 1. The second kappa shape index (κ2) is 7.97. The van der Waals surface area contributed by atoms with Crippen LogP contribution in [0.4, 0.5) is 0 Å². The lowest BCUT2D eigenvalue weighted by atomic mass is 10.2.